The Kier molecular flexibility index (Phi) is 4.56. The predicted molar refractivity (Wildman–Crippen MR) is 79.8 cm³/mol. The van der Waals surface area contributed by atoms with Crippen molar-refractivity contribution in [2.24, 2.45) is 5.73 Å². The zero-order valence-electron chi connectivity index (χ0n) is 11.6. The summed E-state index contributed by atoms with van der Waals surface area (Å²) in [5.41, 5.74) is 9.22. The van der Waals surface area contributed by atoms with Gasteiger partial charge in [-0.3, -0.25) is 0 Å². The molecule has 3 nitrogen and oxygen atoms in total. The van der Waals surface area contributed by atoms with Crippen molar-refractivity contribution in [3.8, 4) is 5.75 Å². The first-order chi connectivity index (χ1) is 9.08. The van der Waals surface area contributed by atoms with Gasteiger partial charge in [0.1, 0.15) is 5.75 Å². The molecule has 1 aromatic carbocycles. The summed E-state index contributed by atoms with van der Waals surface area (Å²) in [6, 6.07) is 6.13. The molecular weight excluding hydrogens is 256 g/mol. The van der Waals surface area contributed by atoms with Gasteiger partial charge >= 0.3 is 0 Å². The molecule has 1 atom stereocenters. The van der Waals surface area contributed by atoms with Crippen LogP contribution in [-0.4, -0.2) is 11.6 Å². The lowest BCUT2D eigenvalue weighted by Crippen LogP contribution is -2.06. The second-order valence-electron chi connectivity index (χ2n) is 4.75. The summed E-state index contributed by atoms with van der Waals surface area (Å²) in [5.74, 6) is 0.962. The minimum absolute atomic E-state index is 0.00457. The van der Waals surface area contributed by atoms with Crippen molar-refractivity contribution >= 4 is 11.3 Å². The number of thiazole rings is 1. The standard InChI is InChI=1S/C15H20N2OS/c1-10-5-4-6-14(11(10)2)18-8-7-15-17-13(9-19-15)12(3)16/h4-6,9,12H,7-8,16H2,1-3H3. The van der Waals surface area contributed by atoms with Crippen LogP contribution in [0.3, 0.4) is 0 Å². The van der Waals surface area contributed by atoms with Gasteiger partial charge in [-0.05, 0) is 38.0 Å². The molecule has 2 aromatic rings. The van der Waals surface area contributed by atoms with E-state index in [1.165, 1.54) is 11.1 Å². The predicted octanol–water partition coefficient (Wildman–Crippen LogP) is 3.40. The van der Waals surface area contributed by atoms with Crippen LogP contribution in [0.15, 0.2) is 23.6 Å². The maximum absolute atomic E-state index is 5.83. The summed E-state index contributed by atoms with van der Waals surface area (Å²) in [4.78, 5) is 4.49. The molecule has 0 amide bonds. The quantitative estimate of drug-likeness (QED) is 0.910. The highest BCUT2D eigenvalue weighted by atomic mass is 32.1. The molecule has 0 fully saturated rings. The average molecular weight is 276 g/mol. The molecule has 0 radical (unpaired) electrons. The van der Waals surface area contributed by atoms with Crippen LogP contribution >= 0.6 is 11.3 Å². The molecule has 1 unspecified atom stereocenters. The van der Waals surface area contributed by atoms with Crippen LogP contribution < -0.4 is 10.5 Å². The Morgan fingerprint density at radius 3 is 2.84 bits per heavy atom. The lowest BCUT2D eigenvalue weighted by atomic mass is 10.1. The summed E-state index contributed by atoms with van der Waals surface area (Å²) in [7, 11) is 0. The summed E-state index contributed by atoms with van der Waals surface area (Å²) in [6.45, 7) is 6.78. The van der Waals surface area contributed by atoms with Gasteiger partial charge in [-0.2, -0.15) is 0 Å². The van der Waals surface area contributed by atoms with Crippen molar-refractivity contribution in [1.29, 1.82) is 0 Å². The molecule has 0 bridgehead atoms. The molecule has 0 saturated carbocycles. The van der Waals surface area contributed by atoms with Crippen LogP contribution in [0.25, 0.3) is 0 Å². The first-order valence-electron chi connectivity index (χ1n) is 6.47. The Labute approximate surface area is 118 Å². The molecule has 1 heterocycles. The van der Waals surface area contributed by atoms with Crippen molar-refractivity contribution in [2.75, 3.05) is 6.61 Å². The summed E-state index contributed by atoms with van der Waals surface area (Å²) >= 11 is 1.65. The average Bonchev–Trinajstić information content (AvgIpc) is 2.83. The molecule has 4 heteroatoms. The van der Waals surface area contributed by atoms with Crippen LogP contribution in [0.2, 0.25) is 0 Å². The van der Waals surface area contributed by atoms with E-state index in [1.54, 1.807) is 11.3 Å². The van der Waals surface area contributed by atoms with E-state index in [9.17, 15) is 0 Å². The molecule has 2 rings (SSSR count). The third kappa shape index (κ3) is 3.55. The second-order valence-corrected chi connectivity index (χ2v) is 5.69. The fourth-order valence-electron chi connectivity index (χ4n) is 1.78. The van der Waals surface area contributed by atoms with Gasteiger partial charge in [-0.1, -0.05) is 12.1 Å². The Hall–Kier alpha value is -1.39. The molecule has 0 aliphatic carbocycles. The maximum atomic E-state index is 5.83. The van der Waals surface area contributed by atoms with Crippen molar-refractivity contribution in [3.05, 3.63) is 45.4 Å². The smallest absolute Gasteiger partial charge is 0.122 e. The van der Waals surface area contributed by atoms with Crippen LogP contribution in [0, 0.1) is 13.8 Å². The fraction of sp³-hybridized carbons (Fsp3) is 0.400. The van der Waals surface area contributed by atoms with E-state index in [4.69, 9.17) is 10.5 Å². The number of nitrogens with two attached hydrogens (primary N) is 1. The minimum atomic E-state index is 0.00457. The molecule has 102 valence electrons. The topological polar surface area (TPSA) is 48.1 Å². The van der Waals surface area contributed by atoms with Crippen molar-refractivity contribution in [1.82, 2.24) is 4.98 Å². The SMILES string of the molecule is Cc1cccc(OCCc2nc(C(C)N)cs2)c1C. The zero-order valence-corrected chi connectivity index (χ0v) is 12.5. The van der Waals surface area contributed by atoms with E-state index in [0.717, 1.165) is 22.9 Å². The highest BCUT2D eigenvalue weighted by molar-refractivity contribution is 7.09. The van der Waals surface area contributed by atoms with E-state index >= 15 is 0 Å². The molecule has 0 saturated heterocycles. The van der Waals surface area contributed by atoms with Crippen LogP contribution in [0.4, 0.5) is 0 Å². The normalized spacial score (nSPS) is 12.4. The number of hydrogen-bond acceptors (Lipinski definition) is 4. The number of nitrogens with zero attached hydrogens (tertiary/aromatic N) is 1. The number of benzene rings is 1. The Morgan fingerprint density at radius 1 is 1.37 bits per heavy atom. The van der Waals surface area contributed by atoms with Crippen molar-refractivity contribution in [2.45, 2.75) is 33.2 Å². The summed E-state index contributed by atoms with van der Waals surface area (Å²) < 4.78 is 5.83. The molecule has 19 heavy (non-hydrogen) atoms. The molecular formula is C15H20N2OS. The van der Waals surface area contributed by atoms with Crippen LogP contribution in [-0.2, 0) is 6.42 Å². The fourth-order valence-corrected chi connectivity index (χ4v) is 2.66. The van der Waals surface area contributed by atoms with Crippen LogP contribution in [0.5, 0.6) is 5.75 Å². The number of hydrogen-bond donors (Lipinski definition) is 1. The van der Waals surface area contributed by atoms with E-state index < -0.39 is 0 Å². The van der Waals surface area contributed by atoms with Gasteiger partial charge in [0, 0.05) is 17.8 Å². The number of aryl methyl sites for hydroxylation is 1. The van der Waals surface area contributed by atoms with Gasteiger partial charge in [0.25, 0.3) is 0 Å². The molecule has 2 N–H and O–H groups in total. The van der Waals surface area contributed by atoms with Gasteiger partial charge in [0.15, 0.2) is 0 Å². The zero-order chi connectivity index (χ0) is 13.8. The van der Waals surface area contributed by atoms with Crippen molar-refractivity contribution in [3.63, 3.8) is 0 Å². The van der Waals surface area contributed by atoms with E-state index in [-0.39, 0.29) is 6.04 Å². The molecule has 0 spiro atoms. The lowest BCUT2D eigenvalue weighted by Gasteiger charge is -2.09. The number of ether oxygens (including phenoxy) is 1. The minimum Gasteiger partial charge on any atom is -0.493 e. The largest absolute Gasteiger partial charge is 0.493 e. The number of rotatable bonds is 5. The Bertz CT molecular complexity index is 549. The van der Waals surface area contributed by atoms with Crippen LogP contribution in [0.1, 0.15) is 34.8 Å². The first-order valence-corrected chi connectivity index (χ1v) is 7.35. The van der Waals surface area contributed by atoms with Crippen molar-refractivity contribution < 1.29 is 4.74 Å². The van der Waals surface area contributed by atoms with E-state index in [0.29, 0.717) is 6.61 Å². The first kappa shape index (κ1) is 14.0. The second kappa shape index (κ2) is 6.17. The highest BCUT2D eigenvalue weighted by Gasteiger charge is 2.06. The Morgan fingerprint density at radius 2 is 2.16 bits per heavy atom. The monoisotopic (exact) mass is 276 g/mol. The third-order valence-electron chi connectivity index (χ3n) is 3.16. The summed E-state index contributed by atoms with van der Waals surface area (Å²) in [6.07, 6.45) is 0.824. The molecule has 0 aliphatic heterocycles. The van der Waals surface area contributed by atoms with E-state index in [1.807, 2.05) is 24.4 Å². The summed E-state index contributed by atoms with van der Waals surface area (Å²) in [5, 5.41) is 3.11. The van der Waals surface area contributed by atoms with Gasteiger partial charge in [-0.25, -0.2) is 4.98 Å². The number of aromatic nitrogens is 1. The lowest BCUT2D eigenvalue weighted by molar-refractivity contribution is 0.319. The third-order valence-corrected chi connectivity index (χ3v) is 4.09. The molecule has 1 aromatic heterocycles. The van der Waals surface area contributed by atoms with Gasteiger partial charge in [0.2, 0.25) is 0 Å². The molecule has 0 aliphatic rings. The highest BCUT2D eigenvalue weighted by Crippen LogP contribution is 2.21. The van der Waals surface area contributed by atoms with Gasteiger partial charge in [0.05, 0.1) is 17.3 Å². The maximum Gasteiger partial charge on any atom is 0.122 e. The Balaban J connectivity index is 1.91. The van der Waals surface area contributed by atoms with Gasteiger partial charge < -0.3 is 10.5 Å². The van der Waals surface area contributed by atoms with Gasteiger partial charge in [-0.15, -0.1) is 11.3 Å². The van der Waals surface area contributed by atoms with E-state index in [2.05, 4.69) is 24.9 Å².